The van der Waals surface area contributed by atoms with Gasteiger partial charge in [0.2, 0.25) is 5.91 Å². The second-order valence-electron chi connectivity index (χ2n) is 7.48. The number of anilines is 1. The highest BCUT2D eigenvalue weighted by molar-refractivity contribution is 7.17. The van der Waals surface area contributed by atoms with Crippen LogP contribution >= 0.6 is 11.3 Å². The van der Waals surface area contributed by atoms with Gasteiger partial charge in [-0.1, -0.05) is 13.8 Å². The normalized spacial score (nSPS) is 15.4. The maximum Gasteiger partial charge on any atom is 0.341 e. The topological polar surface area (TPSA) is 86.6 Å². The van der Waals surface area contributed by atoms with Crippen molar-refractivity contribution < 1.29 is 19.1 Å². The standard InChI is InChI=1S/C22H28N2O5S/c1-4-11-29-16-7-6-10-24(21(16)26)13-18(25)23-20-19(22(27)28-5-2)15-9-8-14(3)12-17(15)30-20/h6-7,10,14H,4-5,8-9,11-13H2,1-3H3,(H,23,25). The molecule has 0 saturated carbocycles. The molecule has 1 unspecified atom stereocenters. The molecule has 30 heavy (non-hydrogen) atoms. The van der Waals surface area contributed by atoms with Crippen molar-refractivity contribution in [2.75, 3.05) is 18.5 Å². The Morgan fingerprint density at radius 3 is 2.87 bits per heavy atom. The third-order valence-corrected chi connectivity index (χ3v) is 6.17. The lowest BCUT2D eigenvalue weighted by Gasteiger charge is -2.18. The number of rotatable bonds is 8. The summed E-state index contributed by atoms with van der Waals surface area (Å²) in [6.45, 7) is 6.45. The van der Waals surface area contributed by atoms with Crippen molar-refractivity contribution >= 4 is 28.2 Å². The lowest BCUT2D eigenvalue weighted by Crippen LogP contribution is -2.28. The van der Waals surface area contributed by atoms with Crippen molar-refractivity contribution in [3.05, 3.63) is 44.7 Å². The van der Waals surface area contributed by atoms with Gasteiger partial charge in [-0.25, -0.2) is 4.79 Å². The van der Waals surface area contributed by atoms with E-state index in [0.717, 1.165) is 36.1 Å². The van der Waals surface area contributed by atoms with Crippen molar-refractivity contribution in [2.24, 2.45) is 5.92 Å². The van der Waals surface area contributed by atoms with Crippen LogP contribution in [-0.2, 0) is 28.9 Å². The Morgan fingerprint density at radius 1 is 1.33 bits per heavy atom. The maximum atomic E-state index is 12.7. The summed E-state index contributed by atoms with van der Waals surface area (Å²) in [7, 11) is 0. The van der Waals surface area contributed by atoms with Crippen molar-refractivity contribution in [3.8, 4) is 5.75 Å². The molecule has 1 aliphatic rings. The number of carbonyl (C=O) groups excluding carboxylic acids is 2. The molecule has 1 aliphatic carbocycles. The summed E-state index contributed by atoms with van der Waals surface area (Å²) in [5.41, 5.74) is 1.09. The Bertz CT molecular complexity index is 978. The van der Waals surface area contributed by atoms with E-state index in [2.05, 4.69) is 12.2 Å². The molecular weight excluding hydrogens is 404 g/mol. The third-order valence-electron chi connectivity index (χ3n) is 5.01. The van der Waals surface area contributed by atoms with E-state index in [1.165, 1.54) is 15.9 Å². The summed E-state index contributed by atoms with van der Waals surface area (Å²) in [4.78, 5) is 38.9. The van der Waals surface area contributed by atoms with Crippen molar-refractivity contribution in [3.63, 3.8) is 0 Å². The lowest BCUT2D eigenvalue weighted by molar-refractivity contribution is -0.116. The van der Waals surface area contributed by atoms with E-state index in [-0.39, 0.29) is 30.4 Å². The molecule has 3 rings (SSSR count). The molecule has 2 aromatic heterocycles. The number of carbonyl (C=O) groups is 2. The van der Waals surface area contributed by atoms with Crippen LogP contribution in [0.5, 0.6) is 5.75 Å². The molecule has 2 heterocycles. The van der Waals surface area contributed by atoms with Crippen LogP contribution in [0.4, 0.5) is 5.00 Å². The fourth-order valence-corrected chi connectivity index (χ4v) is 4.96. The van der Waals surface area contributed by atoms with Crippen molar-refractivity contribution in [1.29, 1.82) is 0 Å². The van der Waals surface area contributed by atoms with E-state index < -0.39 is 5.97 Å². The average Bonchev–Trinajstić information content (AvgIpc) is 3.05. The quantitative estimate of drug-likeness (QED) is 0.644. The second-order valence-corrected chi connectivity index (χ2v) is 8.58. The number of fused-ring (bicyclic) bond motifs is 1. The number of aromatic nitrogens is 1. The SMILES string of the molecule is CCCOc1cccn(CC(=O)Nc2sc3c(c2C(=O)OCC)CCC(C)C3)c1=O. The van der Waals surface area contributed by atoms with E-state index in [9.17, 15) is 14.4 Å². The van der Waals surface area contributed by atoms with E-state index in [1.807, 2.05) is 6.92 Å². The fraction of sp³-hybridized carbons (Fsp3) is 0.500. The highest BCUT2D eigenvalue weighted by Crippen LogP contribution is 2.40. The van der Waals surface area contributed by atoms with E-state index in [1.54, 1.807) is 25.3 Å². The molecular formula is C22H28N2O5S. The molecule has 0 aliphatic heterocycles. The largest absolute Gasteiger partial charge is 0.488 e. The molecule has 0 spiro atoms. The summed E-state index contributed by atoms with van der Waals surface area (Å²) >= 11 is 1.43. The van der Waals surface area contributed by atoms with Crippen LogP contribution in [0.1, 0.15) is 54.4 Å². The summed E-state index contributed by atoms with van der Waals surface area (Å²) in [5.74, 6) is -0.0203. The Labute approximate surface area is 180 Å². The molecule has 2 aromatic rings. The van der Waals surface area contributed by atoms with E-state index in [4.69, 9.17) is 9.47 Å². The Hall–Kier alpha value is -2.61. The van der Waals surface area contributed by atoms with Crippen molar-refractivity contribution in [1.82, 2.24) is 4.57 Å². The molecule has 0 radical (unpaired) electrons. The van der Waals surface area contributed by atoms with Crippen LogP contribution in [0.3, 0.4) is 0 Å². The smallest absolute Gasteiger partial charge is 0.341 e. The second kappa shape index (κ2) is 9.93. The summed E-state index contributed by atoms with van der Waals surface area (Å²) < 4.78 is 12.0. The van der Waals surface area contributed by atoms with Gasteiger partial charge in [-0.3, -0.25) is 9.59 Å². The molecule has 8 heteroatoms. The van der Waals surface area contributed by atoms with Crippen molar-refractivity contribution in [2.45, 2.75) is 53.0 Å². The zero-order valence-corrected chi connectivity index (χ0v) is 18.5. The third kappa shape index (κ3) is 4.92. The summed E-state index contributed by atoms with van der Waals surface area (Å²) in [5, 5.41) is 3.34. The number of nitrogens with zero attached hydrogens (tertiary/aromatic N) is 1. The van der Waals surface area contributed by atoms with Crippen LogP contribution in [0, 0.1) is 5.92 Å². The van der Waals surface area contributed by atoms with Crippen LogP contribution in [0.15, 0.2) is 23.1 Å². The first kappa shape index (κ1) is 22.1. The first-order valence-electron chi connectivity index (χ1n) is 10.4. The minimum absolute atomic E-state index is 0.163. The molecule has 0 aromatic carbocycles. The summed E-state index contributed by atoms with van der Waals surface area (Å²) in [6.07, 6.45) is 5.02. The fourth-order valence-electron chi connectivity index (χ4n) is 3.54. The predicted molar refractivity (Wildman–Crippen MR) is 117 cm³/mol. The van der Waals surface area contributed by atoms with E-state index in [0.29, 0.717) is 23.1 Å². The molecule has 0 bridgehead atoms. The van der Waals surface area contributed by atoms with Crippen LogP contribution in [0.2, 0.25) is 0 Å². The number of amides is 1. The minimum atomic E-state index is -0.410. The van der Waals surface area contributed by atoms with Crippen LogP contribution in [-0.4, -0.2) is 29.7 Å². The Kier molecular flexibility index (Phi) is 7.31. The van der Waals surface area contributed by atoms with Crippen LogP contribution < -0.4 is 15.6 Å². The number of nitrogens with one attached hydrogen (secondary N) is 1. The lowest BCUT2D eigenvalue weighted by atomic mass is 9.88. The molecule has 1 N–H and O–H groups in total. The van der Waals surface area contributed by atoms with E-state index >= 15 is 0 Å². The number of ether oxygens (including phenoxy) is 2. The first-order chi connectivity index (χ1) is 14.4. The number of pyridine rings is 1. The Morgan fingerprint density at radius 2 is 2.13 bits per heavy atom. The van der Waals surface area contributed by atoms with Gasteiger partial charge in [0.25, 0.3) is 5.56 Å². The van der Waals surface area contributed by atoms with Gasteiger partial charge < -0.3 is 19.4 Å². The van der Waals surface area contributed by atoms with Gasteiger partial charge in [0.15, 0.2) is 5.75 Å². The highest BCUT2D eigenvalue weighted by atomic mass is 32.1. The van der Waals surface area contributed by atoms with Gasteiger partial charge in [0.1, 0.15) is 11.5 Å². The predicted octanol–water partition coefficient (Wildman–Crippen LogP) is 3.64. The zero-order chi connectivity index (χ0) is 21.7. The number of esters is 1. The van der Waals surface area contributed by atoms with Gasteiger partial charge in [0, 0.05) is 11.1 Å². The number of hydrogen-bond donors (Lipinski definition) is 1. The molecule has 0 saturated heterocycles. The van der Waals surface area contributed by atoms with Gasteiger partial charge in [-0.2, -0.15) is 0 Å². The number of hydrogen-bond acceptors (Lipinski definition) is 6. The maximum absolute atomic E-state index is 12.7. The molecule has 0 fully saturated rings. The van der Waals surface area contributed by atoms with Crippen LogP contribution in [0.25, 0.3) is 0 Å². The average molecular weight is 433 g/mol. The monoisotopic (exact) mass is 432 g/mol. The van der Waals surface area contributed by atoms with Gasteiger partial charge in [-0.05, 0) is 56.2 Å². The summed E-state index contributed by atoms with van der Waals surface area (Å²) in [6, 6.07) is 3.27. The number of thiophene rings is 1. The Balaban J connectivity index is 1.82. The van der Waals surface area contributed by atoms with Gasteiger partial charge >= 0.3 is 5.97 Å². The highest BCUT2D eigenvalue weighted by Gasteiger charge is 2.29. The zero-order valence-electron chi connectivity index (χ0n) is 17.7. The minimum Gasteiger partial charge on any atom is -0.488 e. The molecule has 162 valence electrons. The molecule has 1 atom stereocenters. The molecule has 1 amide bonds. The molecule has 7 nitrogen and oxygen atoms in total. The van der Waals surface area contributed by atoms with Gasteiger partial charge in [0.05, 0.1) is 18.8 Å². The van der Waals surface area contributed by atoms with Gasteiger partial charge in [-0.15, -0.1) is 11.3 Å². The first-order valence-corrected chi connectivity index (χ1v) is 11.2.